The lowest BCUT2D eigenvalue weighted by molar-refractivity contribution is 0.0735. The fourth-order valence-electron chi connectivity index (χ4n) is 3.08. The Morgan fingerprint density at radius 1 is 1.08 bits per heavy atom. The van der Waals surface area contributed by atoms with Crippen LogP contribution in [-0.4, -0.2) is 44.0 Å². The zero-order chi connectivity index (χ0) is 17.4. The highest BCUT2D eigenvalue weighted by atomic mass is 16.4. The van der Waals surface area contributed by atoms with Crippen LogP contribution >= 0.6 is 0 Å². The lowest BCUT2D eigenvalue weighted by atomic mass is 9.98. The van der Waals surface area contributed by atoms with Crippen LogP contribution in [0, 0.1) is 0 Å². The van der Waals surface area contributed by atoms with Gasteiger partial charge in [0.05, 0.1) is 0 Å². The molecular weight excluding hydrogens is 322 g/mol. The summed E-state index contributed by atoms with van der Waals surface area (Å²) in [7, 11) is 0. The van der Waals surface area contributed by atoms with Crippen LogP contribution in [0.4, 0.5) is 10.5 Å². The van der Waals surface area contributed by atoms with Crippen LogP contribution in [0.15, 0.2) is 36.4 Å². The molecule has 2 amide bonds. The first-order valence-corrected chi connectivity index (χ1v) is 7.82. The van der Waals surface area contributed by atoms with Crippen LogP contribution in [0.25, 0.3) is 11.0 Å². The maximum Gasteiger partial charge on any atom is 0.409 e. The van der Waals surface area contributed by atoms with E-state index < -0.39 is 6.09 Å². The number of anilines is 1. The van der Waals surface area contributed by atoms with Crippen molar-refractivity contribution in [1.29, 1.82) is 0 Å². The molecule has 3 N–H and O–H groups in total. The molecule has 1 aromatic heterocycles. The highest BCUT2D eigenvalue weighted by Crippen LogP contribution is 2.24. The average molecular weight is 337 g/mol. The van der Waals surface area contributed by atoms with Gasteiger partial charge in [-0.2, -0.15) is 15.4 Å². The minimum atomic E-state index is -1.09. The second-order valence-corrected chi connectivity index (χ2v) is 5.92. The van der Waals surface area contributed by atoms with Crippen molar-refractivity contribution in [3.63, 3.8) is 0 Å². The van der Waals surface area contributed by atoms with E-state index in [0.717, 1.165) is 16.6 Å². The van der Waals surface area contributed by atoms with Gasteiger partial charge >= 0.3 is 6.09 Å². The van der Waals surface area contributed by atoms with Gasteiger partial charge in [-0.15, -0.1) is 0 Å². The summed E-state index contributed by atoms with van der Waals surface area (Å²) < 4.78 is 0. The van der Waals surface area contributed by atoms with Crippen molar-refractivity contribution in [2.45, 2.75) is 13.0 Å². The normalized spacial score (nSPS) is 13.5. The molecule has 2 heterocycles. The monoisotopic (exact) mass is 337 g/mol. The summed E-state index contributed by atoms with van der Waals surface area (Å²) in [6, 6.07) is 10.7. The first-order chi connectivity index (χ1) is 12.1. The molecule has 0 unspecified atom stereocenters. The predicted octanol–water partition coefficient (Wildman–Crippen LogP) is 2.25. The molecule has 2 aromatic carbocycles. The van der Waals surface area contributed by atoms with E-state index >= 15 is 0 Å². The number of hydrogen-bond donors (Lipinski definition) is 3. The van der Waals surface area contributed by atoms with Gasteiger partial charge in [-0.25, -0.2) is 4.79 Å². The summed E-state index contributed by atoms with van der Waals surface area (Å²) in [4.78, 5) is 25.3. The van der Waals surface area contributed by atoms with Gasteiger partial charge < -0.3 is 10.0 Å². The number of nitrogens with one attached hydrogen (secondary N) is 2. The zero-order valence-corrected chi connectivity index (χ0v) is 13.2. The first kappa shape index (κ1) is 15.1. The number of carboxylic acid groups (broad SMARTS) is 1. The summed E-state index contributed by atoms with van der Waals surface area (Å²) >= 11 is 0. The van der Waals surface area contributed by atoms with Crippen LogP contribution in [0.2, 0.25) is 0 Å². The molecule has 4 rings (SSSR count). The summed E-state index contributed by atoms with van der Waals surface area (Å²) in [6.07, 6.45) is -0.404. The lowest BCUT2D eigenvalue weighted by Crippen LogP contribution is -2.36. The fourth-order valence-corrected chi connectivity index (χ4v) is 3.08. The Balaban J connectivity index is 1.55. The summed E-state index contributed by atoms with van der Waals surface area (Å²) in [5.41, 5.74) is 4.59. The zero-order valence-electron chi connectivity index (χ0n) is 13.2. The molecule has 25 heavy (non-hydrogen) atoms. The van der Waals surface area contributed by atoms with Crippen molar-refractivity contribution >= 4 is 28.7 Å². The second-order valence-electron chi connectivity index (χ2n) is 5.92. The number of carbonyl (C=O) groups excluding carboxylic acids is 1. The number of H-pyrrole nitrogens is 1. The Bertz CT molecular complexity index is 981. The van der Waals surface area contributed by atoms with E-state index in [4.69, 9.17) is 5.11 Å². The van der Waals surface area contributed by atoms with E-state index in [1.165, 1.54) is 0 Å². The molecule has 0 spiro atoms. The predicted molar refractivity (Wildman–Crippen MR) is 90.4 cm³/mol. The van der Waals surface area contributed by atoms with Crippen molar-refractivity contribution in [2.75, 3.05) is 11.9 Å². The van der Waals surface area contributed by atoms with E-state index in [0.29, 0.717) is 36.3 Å². The van der Waals surface area contributed by atoms with E-state index in [1.807, 2.05) is 12.1 Å². The first-order valence-electron chi connectivity index (χ1n) is 7.82. The molecule has 1 aliphatic heterocycles. The number of amides is 2. The standard InChI is InChI=1S/C17H15N5O3/c23-16(11-2-4-14-15(8-11)20-21-19-14)22-6-5-10-7-13(18-17(24)25)3-1-12(10)9-22/h1-4,7-8,18H,5-6,9H2,(H,24,25)(H,19,20,21). The topological polar surface area (TPSA) is 111 Å². The third-order valence-electron chi connectivity index (χ3n) is 4.32. The Labute approximate surface area is 142 Å². The van der Waals surface area contributed by atoms with Crippen LogP contribution in [0.3, 0.4) is 0 Å². The van der Waals surface area contributed by atoms with E-state index in [1.54, 1.807) is 29.2 Å². The number of nitrogens with zero attached hydrogens (tertiary/aromatic N) is 3. The maximum absolute atomic E-state index is 12.8. The lowest BCUT2D eigenvalue weighted by Gasteiger charge is -2.29. The van der Waals surface area contributed by atoms with Gasteiger partial charge in [0.25, 0.3) is 5.91 Å². The van der Waals surface area contributed by atoms with Crippen molar-refractivity contribution in [1.82, 2.24) is 20.3 Å². The van der Waals surface area contributed by atoms with Crippen molar-refractivity contribution in [3.8, 4) is 0 Å². The quantitative estimate of drug-likeness (QED) is 0.664. The molecule has 8 nitrogen and oxygen atoms in total. The molecule has 0 saturated heterocycles. The second kappa shape index (κ2) is 5.90. The van der Waals surface area contributed by atoms with Crippen molar-refractivity contribution in [2.24, 2.45) is 0 Å². The number of fused-ring (bicyclic) bond motifs is 2. The van der Waals surface area contributed by atoms with Gasteiger partial charge in [0.2, 0.25) is 0 Å². The van der Waals surface area contributed by atoms with Gasteiger partial charge in [0.1, 0.15) is 11.0 Å². The molecule has 0 saturated carbocycles. The SMILES string of the molecule is O=C(O)Nc1ccc2c(c1)CCN(C(=O)c1ccc3n[nH]nc3c1)C2. The van der Waals surface area contributed by atoms with Gasteiger partial charge in [-0.1, -0.05) is 6.07 Å². The van der Waals surface area contributed by atoms with E-state index in [9.17, 15) is 9.59 Å². The Kier molecular flexibility index (Phi) is 3.57. The van der Waals surface area contributed by atoms with Crippen LogP contribution in [0.5, 0.6) is 0 Å². The van der Waals surface area contributed by atoms with Crippen LogP contribution < -0.4 is 5.32 Å². The molecule has 0 bridgehead atoms. The molecule has 0 radical (unpaired) electrons. The summed E-state index contributed by atoms with van der Waals surface area (Å²) in [5, 5.41) is 21.7. The number of aromatic nitrogens is 3. The third kappa shape index (κ3) is 2.89. The minimum absolute atomic E-state index is 0.0525. The Morgan fingerprint density at radius 2 is 1.92 bits per heavy atom. The number of rotatable bonds is 2. The molecule has 0 atom stereocenters. The summed E-state index contributed by atoms with van der Waals surface area (Å²) in [6.45, 7) is 1.08. The van der Waals surface area contributed by atoms with Gasteiger partial charge in [0, 0.05) is 24.3 Å². The number of hydrogen-bond acceptors (Lipinski definition) is 4. The molecule has 126 valence electrons. The minimum Gasteiger partial charge on any atom is -0.465 e. The molecule has 1 aliphatic rings. The van der Waals surface area contributed by atoms with Crippen LogP contribution in [0.1, 0.15) is 21.5 Å². The van der Waals surface area contributed by atoms with Crippen LogP contribution in [-0.2, 0) is 13.0 Å². The number of carbonyl (C=O) groups is 2. The average Bonchev–Trinajstić information content (AvgIpc) is 3.07. The van der Waals surface area contributed by atoms with Gasteiger partial charge in [-0.05, 0) is 47.9 Å². The third-order valence-corrected chi connectivity index (χ3v) is 4.32. The number of benzene rings is 2. The van der Waals surface area contributed by atoms with Crippen molar-refractivity contribution < 1.29 is 14.7 Å². The van der Waals surface area contributed by atoms with E-state index in [-0.39, 0.29) is 5.91 Å². The smallest absolute Gasteiger partial charge is 0.409 e. The van der Waals surface area contributed by atoms with Crippen molar-refractivity contribution in [3.05, 3.63) is 53.1 Å². The highest BCUT2D eigenvalue weighted by Gasteiger charge is 2.22. The maximum atomic E-state index is 12.8. The molecule has 0 aliphatic carbocycles. The highest BCUT2D eigenvalue weighted by molar-refractivity contribution is 5.97. The number of aromatic amines is 1. The molecule has 0 fully saturated rings. The Morgan fingerprint density at radius 3 is 2.76 bits per heavy atom. The largest absolute Gasteiger partial charge is 0.465 e. The van der Waals surface area contributed by atoms with E-state index in [2.05, 4.69) is 20.7 Å². The van der Waals surface area contributed by atoms with Gasteiger partial charge in [0.15, 0.2) is 0 Å². The molecular formula is C17H15N5O3. The molecule has 8 heteroatoms. The molecule has 3 aromatic rings. The fraction of sp³-hybridized carbons (Fsp3) is 0.176. The Hall–Kier alpha value is -3.42. The van der Waals surface area contributed by atoms with Gasteiger partial charge in [-0.3, -0.25) is 10.1 Å². The summed E-state index contributed by atoms with van der Waals surface area (Å²) in [5.74, 6) is -0.0525.